The molecule has 0 unspecified atom stereocenters. The lowest BCUT2D eigenvalue weighted by atomic mass is 10.1. The van der Waals surface area contributed by atoms with Gasteiger partial charge in [0, 0.05) is 24.4 Å². The zero-order valence-corrected chi connectivity index (χ0v) is 9.81. The van der Waals surface area contributed by atoms with Gasteiger partial charge in [-0.05, 0) is 24.7 Å². The lowest BCUT2D eigenvalue weighted by molar-refractivity contribution is 0.593. The summed E-state index contributed by atoms with van der Waals surface area (Å²) in [5.41, 5.74) is 6.42. The van der Waals surface area contributed by atoms with E-state index in [1.54, 1.807) is 18.5 Å². The number of hydrogen-bond acceptors (Lipinski definition) is 3. The van der Waals surface area contributed by atoms with Crippen LogP contribution >= 0.6 is 0 Å². The Morgan fingerprint density at radius 3 is 3.00 bits per heavy atom. The van der Waals surface area contributed by atoms with E-state index in [9.17, 15) is 4.39 Å². The molecule has 2 N–H and O–H groups in total. The lowest BCUT2D eigenvalue weighted by Gasteiger charge is -2.08. The summed E-state index contributed by atoms with van der Waals surface area (Å²) in [4.78, 5) is 4.17. The number of nitrogens with two attached hydrogens (primary N) is 1. The van der Waals surface area contributed by atoms with Crippen LogP contribution in [-0.4, -0.2) is 16.1 Å². The second-order valence-electron chi connectivity index (χ2n) is 3.93. The van der Waals surface area contributed by atoms with Gasteiger partial charge in [0.2, 0.25) is 0 Å². The van der Waals surface area contributed by atoms with Crippen LogP contribution < -0.4 is 5.73 Å². The molecule has 0 saturated carbocycles. The molecule has 2 rings (SSSR count). The Bertz CT molecular complexity index is 583. The summed E-state index contributed by atoms with van der Waals surface area (Å²) in [5, 5.41) is 8.81. The van der Waals surface area contributed by atoms with E-state index < -0.39 is 0 Å². The molecule has 0 amide bonds. The minimum atomic E-state index is -0.318. The van der Waals surface area contributed by atoms with Gasteiger partial charge in [-0.2, -0.15) is 5.26 Å². The number of rotatable bonds is 4. The highest BCUT2D eigenvalue weighted by Gasteiger charge is 2.07. The first kappa shape index (κ1) is 12.3. The fourth-order valence-corrected chi connectivity index (χ4v) is 1.79. The minimum absolute atomic E-state index is 0.318. The first-order chi connectivity index (χ1) is 8.74. The Balaban J connectivity index is 2.28. The first-order valence-electron chi connectivity index (χ1n) is 5.63. The lowest BCUT2D eigenvalue weighted by Crippen LogP contribution is -2.11. The molecule has 0 saturated heterocycles. The molecule has 0 aliphatic rings. The van der Waals surface area contributed by atoms with Crippen molar-refractivity contribution in [3.05, 3.63) is 53.4 Å². The third kappa shape index (κ3) is 2.55. The second-order valence-corrected chi connectivity index (χ2v) is 3.93. The minimum Gasteiger partial charge on any atom is -0.330 e. The zero-order valence-electron chi connectivity index (χ0n) is 9.81. The van der Waals surface area contributed by atoms with Gasteiger partial charge in [-0.15, -0.1) is 0 Å². The maximum Gasteiger partial charge on any atom is 0.128 e. The molecule has 0 aliphatic heterocycles. The maximum absolute atomic E-state index is 13.6. The van der Waals surface area contributed by atoms with Crippen LogP contribution in [0.25, 0.3) is 0 Å². The Morgan fingerprint density at radius 2 is 2.28 bits per heavy atom. The molecule has 1 heterocycles. The highest BCUT2D eigenvalue weighted by molar-refractivity contribution is 5.34. The van der Waals surface area contributed by atoms with E-state index >= 15 is 0 Å². The summed E-state index contributed by atoms with van der Waals surface area (Å²) in [6, 6.07) is 6.34. The molecule has 0 bridgehead atoms. The van der Waals surface area contributed by atoms with Crippen LogP contribution in [0.2, 0.25) is 0 Å². The number of benzene rings is 1. The van der Waals surface area contributed by atoms with Crippen molar-refractivity contribution in [3.63, 3.8) is 0 Å². The van der Waals surface area contributed by atoms with E-state index in [4.69, 9.17) is 11.0 Å². The summed E-state index contributed by atoms with van der Waals surface area (Å²) in [7, 11) is 0. The van der Waals surface area contributed by atoms with Gasteiger partial charge in [0.05, 0.1) is 18.2 Å². The Hall–Kier alpha value is -2.19. The van der Waals surface area contributed by atoms with E-state index in [1.807, 2.05) is 10.6 Å². The second kappa shape index (κ2) is 5.43. The number of hydrogen-bond donors (Lipinski definition) is 1. The molecule has 92 valence electrons. The monoisotopic (exact) mass is 244 g/mol. The van der Waals surface area contributed by atoms with Gasteiger partial charge < -0.3 is 10.3 Å². The Labute approximate surface area is 104 Å². The Morgan fingerprint density at radius 1 is 1.44 bits per heavy atom. The van der Waals surface area contributed by atoms with E-state index in [0.29, 0.717) is 30.6 Å². The molecule has 2 aromatic rings. The van der Waals surface area contributed by atoms with Crippen LogP contribution in [0, 0.1) is 17.1 Å². The number of halogens is 1. The van der Waals surface area contributed by atoms with E-state index in [1.165, 1.54) is 12.1 Å². The number of nitrogens with zero attached hydrogens (tertiary/aromatic N) is 3. The van der Waals surface area contributed by atoms with E-state index in [-0.39, 0.29) is 5.82 Å². The van der Waals surface area contributed by atoms with Crippen LogP contribution in [0.15, 0.2) is 30.6 Å². The molecular formula is C13H13FN4. The summed E-state index contributed by atoms with van der Waals surface area (Å²) in [5.74, 6) is 0.501. The van der Waals surface area contributed by atoms with Gasteiger partial charge in [0.25, 0.3) is 0 Å². The van der Waals surface area contributed by atoms with Crippen molar-refractivity contribution in [1.82, 2.24) is 9.55 Å². The van der Waals surface area contributed by atoms with Crippen molar-refractivity contribution < 1.29 is 4.39 Å². The van der Waals surface area contributed by atoms with Crippen LogP contribution in [-0.2, 0) is 13.0 Å². The molecule has 4 nitrogen and oxygen atoms in total. The molecule has 1 aromatic carbocycles. The summed E-state index contributed by atoms with van der Waals surface area (Å²) in [6.07, 6.45) is 4.09. The number of aromatic nitrogens is 2. The number of imidazole rings is 1. The van der Waals surface area contributed by atoms with Gasteiger partial charge in [-0.25, -0.2) is 9.37 Å². The van der Waals surface area contributed by atoms with Gasteiger partial charge in [-0.3, -0.25) is 0 Å². The van der Waals surface area contributed by atoms with Crippen molar-refractivity contribution >= 4 is 0 Å². The average molecular weight is 244 g/mol. The molecule has 1 aromatic heterocycles. The van der Waals surface area contributed by atoms with Gasteiger partial charge in [0.15, 0.2) is 0 Å². The molecule has 0 fully saturated rings. The molecule has 0 spiro atoms. The van der Waals surface area contributed by atoms with Crippen molar-refractivity contribution in [2.45, 2.75) is 13.0 Å². The first-order valence-corrected chi connectivity index (χ1v) is 5.63. The van der Waals surface area contributed by atoms with Gasteiger partial charge >= 0.3 is 0 Å². The van der Waals surface area contributed by atoms with Crippen molar-refractivity contribution in [2.24, 2.45) is 5.73 Å². The van der Waals surface area contributed by atoms with Crippen molar-refractivity contribution in [2.75, 3.05) is 6.54 Å². The predicted octanol–water partition coefficient (Wildman–Crippen LogP) is 1.44. The standard InChI is InChI=1S/C13H13FN4/c14-12-2-1-10(8-16)7-11(12)9-18-6-5-17-13(18)3-4-15/h1-2,5-7H,3-4,9,15H2. The summed E-state index contributed by atoms with van der Waals surface area (Å²) < 4.78 is 15.5. The van der Waals surface area contributed by atoms with Crippen LogP contribution in [0.4, 0.5) is 4.39 Å². The van der Waals surface area contributed by atoms with Crippen LogP contribution in [0.1, 0.15) is 17.0 Å². The third-order valence-electron chi connectivity index (χ3n) is 2.69. The topological polar surface area (TPSA) is 67.6 Å². The van der Waals surface area contributed by atoms with Crippen molar-refractivity contribution in [1.29, 1.82) is 5.26 Å². The highest BCUT2D eigenvalue weighted by atomic mass is 19.1. The molecule has 0 radical (unpaired) electrons. The van der Waals surface area contributed by atoms with Gasteiger partial charge in [0.1, 0.15) is 11.6 Å². The largest absolute Gasteiger partial charge is 0.330 e. The fourth-order valence-electron chi connectivity index (χ4n) is 1.79. The third-order valence-corrected chi connectivity index (χ3v) is 2.69. The summed E-state index contributed by atoms with van der Waals surface area (Å²) in [6.45, 7) is 0.856. The maximum atomic E-state index is 13.6. The van der Waals surface area contributed by atoms with Crippen molar-refractivity contribution in [3.8, 4) is 6.07 Å². The average Bonchev–Trinajstić information content (AvgIpc) is 2.80. The summed E-state index contributed by atoms with van der Waals surface area (Å²) >= 11 is 0. The predicted molar refractivity (Wildman–Crippen MR) is 65.2 cm³/mol. The highest BCUT2D eigenvalue weighted by Crippen LogP contribution is 2.13. The van der Waals surface area contributed by atoms with E-state index in [0.717, 1.165) is 5.82 Å². The molecule has 18 heavy (non-hydrogen) atoms. The smallest absolute Gasteiger partial charge is 0.128 e. The SMILES string of the molecule is N#Cc1ccc(F)c(Cn2ccnc2CCN)c1. The number of nitriles is 1. The normalized spacial score (nSPS) is 10.3. The Kier molecular flexibility index (Phi) is 3.70. The quantitative estimate of drug-likeness (QED) is 0.885. The van der Waals surface area contributed by atoms with Crippen LogP contribution in [0.3, 0.4) is 0 Å². The molecular weight excluding hydrogens is 231 g/mol. The molecule has 5 heteroatoms. The molecule has 0 atom stereocenters. The van der Waals surface area contributed by atoms with Crippen LogP contribution in [0.5, 0.6) is 0 Å². The fraction of sp³-hybridized carbons (Fsp3) is 0.231. The van der Waals surface area contributed by atoms with Gasteiger partial charge in [-0.1, -0.05) is 0 Å². The van der Waals surface area contributed by atoms with E-state index in [2.05, 4.69) is 4.98 Å². The molecule has 0 aliphatic carbocycles. The zero-order chi connectivity index (χ0) is 13.0.